The molecule has 0 saturated carbocycles. The van der Waals surface area contributed by atoms with E-state index in [1.807, 2.05) is 23.1 Å². The third kappa shape index (κ3) is 3.77. The van der Waals surface area contributed by atoms with Crippen LogP contribution in [0.4, 0.5) is 5.69 Å². The number of fused-ring (bicyclic) bond motifs is 1. The van der Waals surface area contributed by atoms with Gasteiger partial charge >= 0.3 is 0 Å². The fraction of sp³-hybridized carbons (Fsp3) is 0.296. The van der Waals surface area contributed by atoms with E-state index in [-0.39, 0.29) is 11.3 Å². The molecule has 1 atom stereocenters. The molecule has 1 aliphatic heterocycles. The van der Waals surface area contributed by atoms with Crippen LogP contribution in [-0.4, -0.2) is 11.4 Å². The molecule has 0 spiro atoms. The maximum absolute atomic E-state index is 13.7. The molecule has 0 fully saturated rings. The summed E-state index contributed by atoms with van der Waals surface area (Å²) in [6.45, 7) is 8.71. The Balaban J connectivity index is 1.86. The standard InChI is InChI=1S/C27H27Cl2NO/c1-5-18-10-12-19(13-11-18)27(4)17-26(2,3)30(24-9-7-6-8-22(24)27)25(31)21-15-14-20(28)16-23(21)29/h6-16H,5,17H2,1-4H3/t27-/m0/s1. The molecular formula is C27H27Cl2NO. The van der Waals surface area contributed by atoms with Crippen LogP contribution in [0.1, 0.15) is 61.2 Å². The molecule has 0 N–H and O–H groups in total. The van der Waals surface area contributed by atoms with Crippen LogP contribution in [0.25, 0.3) is 0 Å². The number of anilines is 1. The average Bonchev–Trinajstić information content (AvgIpc) is 2.73. The van der Waals surface area contributed by atoms with Gasteiger partial charge in [-0.2, -0.15) is 0 Å². The first-order valence-corrected chi connectivity index (χ1v) is 11.4. The molecule has 4 heteroatoms. The molecular weight excluding hydrogens is 425 g/mol. The number of benzene rings is 3. The molecule has 1 heterocycles. The van der Waals surface area contributed by atoms with E-state index >= 15 is 0 Å². The number of hydrogen-bond donors (Lipinski definition) is 0. The summed E-state index contributed by atoms with van der Waals surface area (Å²) in [6.07, 6.45) is 1.81. The minimum Gasteiger partial charge on any atom is -0.302 e. The van der Waals surface area contributed by atoms with Crippen molar-refractivity contribution in [1.29, 1.82) is 0 Å². The number of aryl methyl sites for hydroxylation is 1. The van der Waals surface area contributed by atoms with Gasteiger partial charge in [-0.3, -0.25) is 4.79 Å². The SMILES string of the molecule is CCc1ccc([C@]2(C)CC(C)(C)N(C(=O)c3ccc(Cl)cc3Cl)c3ccccc32)cc1. The summed E-state index contributed by atoms with van der Waals surface area (Å²) < 4.78 is 0. The fourth-order valence-corrected chi connectivity index (χ4v) is 5.52. The van der Waals surface area contributed by atoms with Crippen LogP contribution < -0.4 is 4.90 Å². The lowest BCUT2D eigenvalue weighted by Crippen LogP contribution is -2.55. The van der Waals surface area contributed by atoms with Crippen molar-refractivity contribution in [2.75, 3.05) is 4.90 Å². The summed E-state index contributed by atoms with van der Waals surface area (Å²) in [5, 5.41) is 0.886. The zero-order valence-corrected chi connectivity index (χ0v) is 19.9. The largest absolute Gasteiger partial charge is 0.302 e. The minimum atomic E-state index is -0.424. The summed E-state index contributed by atoms with van der Waals surface area (Å²) in [6, 6.07) is 22.2. The molecule has 4 rings (SSSR count). The Morgan fingerprint density at radius 3 is 2.29 bits per heavy atom. The van der Waals surface area contributed by atoms with Crippen LogP contribution in [0, 0.1) is 0 Å². The first-order valence-electron chi connectivity index (χ1n) is 10.7. The van der Waals surface area contributed by atoms with Gasteiger partial charge in [0.15, 0.2) is 0 Å². The highest BCUT2D eigenvalue weighted by molar-refractivity contribution is 6.37. The second-order valence-corrected chi connectivity index (χ2v) is 10.00. The first-order chi connectivity index (χ1) is 14.7. The van der Waals surface area contributed by atoms with Gasteiger partial charge in [0.05, 0.1) is 10.6 Å². The third-order valence-electron chi connectivity index (χ3n) is 6.49. The summed E-state index contributed by atoms with van der Waals surface area (Å²) in [7, 11) is 0. The second-order valence-electron chi connectivity index (χ2n) is 9.15. The van der Waals surface area contributed by atoms with Gasteiger partial charge in [-0.05, 0) is 67.6 Å². The molecule has 0 unspecified atom stereocenters. The van der Waals surface area contributed by atoms with Crippen molar-refractivity contribution in [3.05, 3.63) is 99.0 Å². The fourth-order valence-electron chi connectivity index (χ4n) is 5.03. The Hall–Kier alpha value is -2.29. The molecule has 0 radical (unpaired) electrons. The molecule has 0 bridgehead atoms. The Bertz CT molecular complexity index is 1140. The van der Waals surface area contributed by atoms with E-state index in [1.54, 1.807) is 18.2 Å². The van der Waals surface area contributed by atoms with E-state index < -0.39 is 5.54 Å². The summed E-state index contributed by atoms with van der Waals surface area (Å²) in [5.74, 6) is -0.109. The third-order valence-corrected chi connectivity index (χ3v) is 7.04. The predicted molar refractivity (Wildman–Crippen MR) is 131 cm³/mol. The number of carbonyl (C=O) groups is 1. The number of halogens is 2. The lowest BCUT2D eigenvalue weighted by atomic mass is 9.65. The Labute approximate surface area is 194 Å². The molecule has 1 amide bonds. The van der Waals surface area contributed by atoms with Crippen LogP contribution in [0.3, 0.4) is 0 Å². The molecule has 31 heavy (non-hydrogen) atoms. The van der Waals surface area contributed by atoms with Crippen molar-refractivity contribution in [3.63, 3.8) is 0 Å². The van der Waals surface area contributed by atoms with Crippen molar-refractivity contribution in [3.8, 4) is 0 Å². The smallest absolute Gasteiger partial charge is 0.260 e. The van der Waals surface area contributed by atoms with Crippen LogP contribution in [0.5, 0.6) is 0 Å². The van der Waals surface area contributed by atoms with Gasteiger partial charge < -0.3 is 4.90 Å². The number of nitrogens with zero attached hydrogens (tertiary/aromatic N) is 1. The maximum atomic E-state index is 13.7. The monoisotopic (exact) mass is 451 g/mol. The Morgan fingerprint density at radius 2 is 1.65 bits per heavy atom. The lowest BCUT2D eigenvalue weighted by Gasteiger charge is -2.51. The van der Waals surface area contributed by atoms with Crippen molar-refractivity contribution in [2.24, 2.45) is 0 Å². The molecule has 0 saturated heterocycles. The topological polar surface area (TPSA) is 20.3 Å². The zero-order valence-electron chi connectivity index (χ0n) is 18.4. The number of amides is 1. The average molecular weight is 452 g/mol. The van der Waals surface area contributed by atoms with E-state index in [9.17, 15) is 4.79 Å². The van der Waals surface area contributed by atoms with E-state index in [0.717, 1.165) is 24.1 Å². The molecule has 2 nitrogen and oxygen atoms in total. The number of para-hydroxylation sites is 1. The number of rotatable bonds is 3. The van der Waals surface area contributed by atoms with Crippen molar-refractivity contribution in [1.82, 2.24) is 0 Å². The van der Waals surface area contributed by atoms with E-state index in [0.29, 0.717) is 15.6 Å². The molecule has 3 aromatic rings. The second kappa shape index (κ2) is 8.00. The van der Waals surface area contributed by atoms with Crippen LogP contribution in [-0.2, 0) is 11.8 Å². The summed E-state index contributed by atoms with van der Waals surface area (Å²) in [5.41, 5.74) is 4.49. The van der Waals surface area contributed by atoms with Gasteiger partial charge in [0.25, 0.3) is 5.91 Å². The molecule has 0 aliphatic carbocycles. The molecule has 1 aliphatic rings. The summed E-state index contributed by atoms with van der Waals surface area (Å²) >= 11 is 12.5. The summed E-state index contributed by atoms with van der Waals surface area (Å²) in [4.78, 5) is 15.6. The van der Waals surface area contributed by atoms with E-state index in [4.69, 9.17) is 23.2 Å². The van der Waals surface area contributed by atoms with Gasteiger partial charge in [0, 0.05) is 21.7 Å². The highest BCUT2D eigenvalue weighted by Crippen LogP contribution is 2.51. The van der Waals surface area contributed by atoms with Gasteiger partial charge in [0.2, 0.25) is 0 Å². The quantitative estimate of drug-likeness (QED) is 0.399. The van der Waals surface area contributed by atoms with Gasteiger partial charge in [0.1, 0.15) is 0 Å². The van der Waals surface area contributed by atoms with Crippen LogP contribution >= 0.6 is 23.2 Å². The zero-order chi connectivity index (χ0) is 22.4. The molecule has 160 valence electrons. The van der Waals surface area contributed by atoms with Crippen molar-refractivity contribution >= 4 is 34.8 Å². The predicted octanol–water partition coefficient (Wildman–Crippen LogP) is 7.69. The number of hydrogen-bond acceptors (Lipinski definition) is 1. The maximum Gasteiger partial charge on any atom is 0.260 e. The van der Waals surface area contributed by atoms with E-state index in [1.165, 1.54) is 11.1 Å². The first kappa shape index (κ1) is 21.9. The number of carbonyl (C=O) groups excluding carboxylic acids is 1. The molecule has 0 aromatic heterocycles. The van der Waals surface area contributed by atoms with Crippen LogP contribution in [0.2, 0.25) is 10.0 Å². The minimum absolute atomic E-state index is 0.109. The van der Waals surface area contributed by atoms with Gasteiger partial charge in [-0.15, -0.1) is 0 Å². The Kier molecular flexibility index (Phi) is 5.66. The van der Waals surface area contributed by atoms with Gasteiger partial charge in [-0.25, -0.2) is 0 Å². The van der Waals surface area contributed by atoms with Crippen molar-refractivity contribution < 1.29 is 4.79 Å². The highest BCUT2D eigenvalue weighted by Gasteiger charge is 2.48. The van der Waals surface area contributed by atoms with Gasteiger partial charge in [-0.1, -0.05) is 79.5 Å². The normalized spacial score (nSPS) is 19.7. The Morgan fingerprint density at radius 1 is 0.968 bits per heavy atom. The lowest BCUT2D eigenvalue weighted by molar-refractivity contribution is 0.0949. The van der Waals surface area contributed by atoms with Crippen molar-refractivity contribution in [2.45, 2.75) is 51.5 Å². The molecule has 3 aromatic carbocycles. The highest BCUT2D eigenvalue weighted by atomic mass is 35.5. The van der Waals surface area contributed by atoms with Crippen LogP contribution in [0.15, 0.2) is 66.7 Å². The van der Waals surface area contributed by atoms with E-state index in [2.05, 4.69) is 58.0 Å².